The van der Waals surface area contributed by atoms with Gasteiger partial charge in [0.1, 0.15) is 0 Å². The van der Waals surface area contributed by atoms with Crippen LogP contribution in [0.4, 0.5) is 0 Å². The van der Waals surface area contributed by atoms with E-state index < -0.39 is 0 Å². The Morgan fingerprint density at radius 2 is 1.17 bits per heavy atom. The topological polar surface area (TPSA) is 32.3 Å². The molecular weight excluding hydrogens is 284 g/mol. The molecule has 0 aliphatic heterocycles. The average molecular weight is 327 g/mol. The maximum Gasteiger partial charge on any atom is 0.221 e. The van der Waals surface area contributed by atoms with E-state index in [-0.39, 0.29) is 12.1 Å². The van der Waals surface area contributed by atoms with Crippen molar-refractivity contribution in [2.75, 3.05) is 14.1 Å². The van der Waals surface area contributed by atoms with E-state index in [1.165, 1.54) is 77.0 Å². The van der Waals surface area contributed by atoms with Crippen molar-refractivity contribution in [2.45, 2.75) is 110 Å². The second kappa shape index (κ2) is 16.3. The lowest BCUT2D eigenvalue weighted by Gasteiger charge is -2.20. The molecule has 0 radical (unpaired) electrons. The summed E-state index contributed by atoms with van der Waals surface area (Å²) in [6.07, 6.45) is 18.3. The molecule has 0 spiro atoms. The minimum absolute atomic E-state index is 0.129. The third-order valence-corrected chi connectivity index (χ3v) is 4.65. The Balaban J connectivity index is 3.20. The van der Waals surface area contributed by atoms with Crippen molar-refractivity contribution in [3.8, 4) is 0 Å². The van der Waals surface area contributed by atoms with Crippen LogP contribution in [-0.2, 0) is 4.79 Å². The first-order valence-corrected chi connectivity index (χ1v) is 10.0. The fourth-order valence-corrected chi connectivity index (χ4v) is 2.74. The molecule has 1 amide bonds. The number of rotatable bonds is 16. The highest BCUT2D eigenvalue weighted by atomic mass is 16.1. The molecule has 0 aliphatic rings. The van der Waals surface area contributed by atoms with Crippen LogP contribution in [0.2, 0.25) is 0 Å². The zero-order valence-corrected chi connectivity index (χ0v) is 16.3. The lowest BCUT2D eigenvalue weighted by Crippen LogP contribution is -2.42. The molecule has 3 nitrogen and oxygen atoms in total. The number of unbranched alkanes of at least 4 members (excludes halogenated alkanes) is 12. The summed E-state index contributed by atoms with van der Waals surface area (Å²) in [7, 11) is 3.96. The smallest absolute Gasteiger partial charge is 0.221 e. The zero-order chi connectivity index (χ0) is 17.3. The van der Waals surface area contributed by atoms with E-state index in [1.807, 2.05) is 25.9 Å². The molecule has 0 aromatic carbocycles. The Bertz CT molecular complexity index is 266. The first-order valence-electron chi connectivity index (χ1n) is 10.0. The number of amides is 1. The maximum atomic E-state index is 11.7. The SMILES string of the molecule is CCCCCCCCCCCCCCCC(=O)NC(C)N(C)C. The van der Waals surface area contributed by atoms with Gasteiger partial charge in [0, 0.05) is 6.42 Å². The second-order valence-corrected chi connectivity index (χ2v) is 7.20. The summed E-state index contributed by atoms with van der Waals surface area (Å²) in [5.41, 5.74) is 0. The normalized spacial score (nSPS) is 12.6. The maximum absolute atomic E-state index is 11.7. The zero-order valence-electron chi connectivity index (χ0n) is 16.3. The van der Waals surface area contributed by atoms with Crippen LogP contribution in [0.15, 0.2) is 0 Å². The minimum Gasteiger partial charge on any atom is -0.341 e. The summed E-state index contributed by atoms with van der Waals surface area (Å²) in [5, 5.41) is 3.01. The summed E-state index contributed by atoms with van der Waals surface area (Å²) in [6, 6.07) is 0. The van der Waals surface area contributed by atoms with Gasteiger partial charge in [-0.25, -0.2) is 0 Å². The Morgan fingerprint density at radius 1 is 0.783 bits per heavy atom. The quantitative estimate of drug-likeness (QED) is 0.300. The van der Waals surface area contributed by atoms with Gasteiger partial charge >= 0.3 is 0 Å². The number of carbonyl (C=O) groups excluding carboxylic acids is 1. The molecule has 0 fully saturated rings. The lowest BCUT2D eigenvalue weighted by atomic mass is 10.0. The highest BCUT2D eigenvalue weighted by Gasteiger charge is 2.07. The Labute approximate surface area is 145 Å². The summed E-state index contributed by atoms with van der Waals surface area (Å²) in [6.45, 7) is 4.29. The molecule has 0 heterocycles. The lowest BCUT2D eigenvalue weighted by molar-refractivity contribution is -0.122. The number of nitrogens with zero attached hydrogens (tertiary/aromatic N) is 1. The van der Waals surface area contributed by atoms with Crippen molar-refractivity contribution >= 4 is 5.91 Å². The first kappa shape index (κ1) is 22.4. The van der Waals surface area contributed by atoms with Crippen LogP contribution in [0, 0.1) is 0 Å². The molecule has 3 heteroatoms. The highest BCUT2D eigenvalue weighted by molar-refractivity contribution is 5.76. The van der Waals surface area contributed by atoms with Crippen molar-refractivity contribution in [1.82, 2.24) is 10.2 Å². The van der Waals surface area contributed by atoms with Crippen LogP contribution in [0.25, 0.3) is 0 Å². The van der Waals surface area contributed by atoms with Gasteiger partial charge in [-0.3, -0.25) is 9.69 Å². The van der Waals surface area contributed by atoms with Gasteiger partial charge in [-0.1, -0.05) is 84.0 Å². The largest absolute Gasteiger partial charge is 0.341 e. The molecule has 0 aromatic rings. The second-order valence-electron chi connectivity index (χ2n) is 7.20. The molecule has 0 aliphatic carbocycles. The van der Waals surface area contributed by atoms with Gasteiger partial charge < -0.3 is 5.32 Å². The van der Waals surface area contributed by atoms with Crippen LogP contribution in [0.3, 0.4) is 0 Å². The summed E-state index contributed by atoms with van der Waals surface area (Å²) in [5.74, 6) is 0.189. The molecule has 0 saturated carbocycles. The van der Waals surface area contributed by atoms with Crippen LogP contribution < -0.4 is 5.32 Å². The molecule has 1 unspecified atom stereocenters. The van der Waals surface area contributed by atoms with Gasteiger partial charge in [-0.05, 0) is 27.4 Å². The fourth-order valence-electron chi connectivity index (χ4n) is 2.74. The van der Waals surface area contributed by atoms with Crippen LogP contribution >= 0.6 is 0 Å². The number of hydrogen-bond acceptors (Lipinski definition) is 2. The van der Waals surface area contributed by atoms with Gasteiger partial charge in [-0.15, -0.1) is 0 Å². The van der Waals surface area contributed by atoms with Gasteiger partial charge in [0.2, 0.25) is 5.91 Å². The number of carbonyl (C=O) groups is 1. The van der Waals surface area contributed by atoms with E-state index in [0.717, 1.165) is 6.42 Å². The Kier molecular flexibility index (Phi) is 15.9. The van der Waals surface area contributed by atoms with E-state index in [9.17, 15) is 4.79 Å². The van der Waals surface area contributed by atoms with Gasteiger partial charge in [-0.2, -0.15) is 0 Å². The van der Waals surface area contributed by atoms with Crippen LogP contribution in [-0.4, -0.2) is 31.1 Å². The fraction of sp³-hybridized carbons (Fsp3) is 0.950. The average Bonchev–Trinajstić information content (AvgIpc) is 2.51. The van der Waals surface area contributed by atoms with E-state index in [1.54, 1.807) is 0 Å². The predicted octanol–water partition coefficient (Wildman–Crippen LogP) is 5.49. The molecule has 23 heavy (non-hydrogen) atoms. The molecule has 0 aromatic heterocycles. The third kappa shape index (κ3) is 16.1. The summed E-state index contributed by atoms with van der Waals surface area (Å²) in [4.78, 5) is 13.7. The molecule has 0 rings (SSSR count). The minimum atomic E-state index is 0.129. The van der Waals surface area contributed by atoms with Gasteiger partial charge in [0.15, 0.2) is 0 Å². The van der Waals surface area contributed by atoms with Gasteiger partial charge in [0.25, 0.3) is 0 Å². The Morgan fingerprint density at radius 3 is 1.57 bits per heavy atom. The van der Waals surface area contributed by atoms with E-state index in [4.69, 9.17) is 0 Å². The third-order valence-electron chi connectivity index (χ3n) is 4.65. The van der Waals surface area contributed by atoms with Crippen molar-refractivity contribution in [3.63, 3.8) is 0 Å². The van der Waals surface area contributed by atoms with Crippen molar-refractivity contribution in [2.24, 2.45) is 0 Å². The Hall–Kier alpha value is -0.570. The summed E-state index contributed by atoms with van der Waals surface area (Å²) >= 11 is 0. The monoisotopic (exact) mass is 326 g/mol. The van der Waals surface area contributed by atoms with Crippen molar-refractivity contribution in [1.29, 1.82) is 0 Å². The van der Waals surface area contributed by atoms with Crippen LogP contribution in [0.5, 0.6) is 0 Å². The molecule has 138 valence electrons. The molecule has 0 bridgehead atoms. The standard InChI is InChI=1S/C20H42N2O/c1-5-6-7-8-9-10-11-12-13-14-15-16-17-18-20(23)21-19(2)22(3)4/h19H,5-18H2,1-4H3,(H,21,23). The van der Waals surface area contributed by atoms with E-state index in [0.29, 0.717) is 6.42 Å². The number of nitrogens with one attached hydrogen (secondary N) is 1. The molecular formula is C20H42N2O. The molecule has 0 saturated heterocycles. The highest BCUT2D eigenvalue weighted by Crippen LogP contribution is 2.12. The van der Waals surface area contributed by atoms with E-state index in [2.05, 4.69) is 12.2 Å². The number of hydrogen-bond donors (Lipinski definition) is 1. The van der Waals surface area contributed by atoms with Crippen LogP contribution in [0.1, 0.15) is 104 Å². The molecule has 1 N–H and O–H groups in total. The molecule has 1 atom stereocenters. The first-order chi connectivity index (χ1) is 11.1. The predicted molar refractivity (Wildman–Crippen MR) is 102 cm³/mol. The van der Waals surface area contributed by atoms with E-state index >= 15 is 0 Å². The van der Waals surface area contributed by atoms with Crippen molar-refractivity contribution < 1.29 is 4.79 Å². The van der Waals surface area contributed by atoms with Crippen molar-refractivity contribution in [3.05, 3.63) is 0 Å². The van der Waals surface area contributed by atoms with Gasteiger partial charge in [0.05, 0.1) is 6.17 Å². The summed E-state index contributed by atoms with van der Waals surface area (Å²) < 4.78 is 0.